The fourth-order valence-corrected chi connectivity index (χ4v) is 1.33. The van der Waals surface area contributed by atoms with E-state index < -0.39 is 0 Å². The van der Waals surface area contributed by atoms with Crippen LogP contribution in [-0.2, 0) is 4.79 Å². The third-order valence-corrected chi connectivity index (χ3v) is 1.66. The molecule has 11 heavy (non-hydrogen) atoms. The monoisotopic (exact) mass is 174 g/mol. The summed E-state index contributed by atoms with van der Waals surface area (Å²) < 4.78 is -0.0803. The van der Waals surface area contributed by atoms with Crippen LogP contribution in [0.1, 0.15) is 27.7 Å². The van der Waals surface area contributed by atoms with E-state index in [2.05, 4.69) is 0 Å². The Labute approximate surface area is 71.7 Å². The van der Waals surface area contributed by atoms with Gasteiger partial charge >= 0.3 is 0 Å². The molecule has 0 radical (unpaired) electrons. The van der Waals surface area contributed by atoms with Crippen molar-refractivity contribution in [1.82, 2.24) is 0 Å². The van der Waals surface area contributed by atoms with Gasteiger partial charge in [-0.05, 0) is 6.92 Å². The van der Waals surface area contributed by atoms with E-state index >= 15 is 0 Å². The van der Waals surface area contributed by atoms with Gasteiger partial charge in [0.15, 0.2) is 0 Å². The van der Waals surface area contributed by atoms with Crippen molar-refractivity contribution >= 4 is 16.9 Å². The molecule has 2 nitrogen and oxygen atoms in total. The Morgan fingerprint density at radius 2 is 1.91 bits per heavy atom. The first-order valence-corrected chi connectivity index (χ1v) is 4.23. The van der Waals surface area contributed by atoms with Crippen LogP contribution in [-0.4, -0.2) is 15.0 Å². The normalized spacial score (nSPS) is 13.3. The maximum atomic E-state index is 11.0. The van der Waals surface area contributed by atoms with Gasteiger partial charge in [0, 0.05) is 10.8 Å². The van der Waals surface area contributed by atoms with Gasteiger partial charge in [0.1, 0.15) is 0 Å². The van der Waals surface area contributed by atoms with Crippen LogP contribution in [0.15, 0.2) is 11.8 Å². The highest BCUT2D eigenvalue weighted by molar-refractivity contribution is 8.15. The van der Waals surface area contributed by atoms with Crippen molar-refractivity contribution in [2.24, 2.45) is 0 Å². The highest BCUT2D eigenvalue weighted by Crippen LogP contribution is 2.24. The second-order valence-electron chi connectivity index (χ2n) is 3.32. The van der Waals surface area contributed by atoms with E-state index in [0.717, 1.165) is 0 Å². The average molecular weight is 174 g/mol. The molecule has 64 valence electrons. The number of rotatable bonds is 1. The number of hydrogen-bond donors (Lipinski definition) is 1. The summed E-state index contributed by atoms with van der Waals surface area (Å²) in [4.78, 5) is 11.0. The highest BCUT2D eigenvalue weighted by Gasteiger charge is 2.14. The minimum atomic E-state index is -0.0995. The molecule has 0 aliphatic rings. The van der Waals surface area contributed by atoms with Gasteiger partial charge in [-0.3, -0.25) is 4.79 Å². The summed E-state index contributed by atoms with van der Waals surface area (Å²) in [7, 11) is 0. The zero-order chi connectivity index (χ0) is 9.07. The molecule has 0 heterocycles. The van der Waals surface area contributed by atoms with Gasteiger partial charge in [-0.25, -0.2) is 0 Å². The largest absolute Gasteiger partial charge is 0.512 e. The Hall–Kier alpha value is -0.440. The number of carbonyl (C=O) groups is 1. The standard InChI is InChI=1S/C8H14O2S/c1-6(9)5-7(10)11-8(2,3)4/h5,9H,1-4H3/b6-5-. The number of thioether (sulfide) groups is 1. The van der Waals surface area contributed by atoms with Crippen LogP contribution in [0.2, 0.25) is 0 Å². The van der Waals surface area contributed by atoms with E-state index in [4.69, 9.17) is 5.11 Å². The molecular formula is C8H14O2S. The van der Waals surface area contributed by atoms with Crippen LogP contribution in [0.4, 0.5) is 0 Å². The Bertz CT molecular complexity index is 173. The third kappa shape index (κ3) is 7.46. The fraction of sp³-hybridized carbons (Fsp3) is 0.625. The molecule has 0 aliphatic heterocycles. The van der Waals surface area contributed by atoms with Crippen LogP contribution in [0, 0.1) is 0 Å². The SMILES string of the molecule is C/C(O)=C/C(=O)SC(C)(C)C. The number of hydrogen-bond acceptors (Lipinski definition) is 3. The molecule has 1 N–H and O–H groups in total. The topological polar surface area (TPSA) is 37.3 Å². The number of aliphatic hydroxyl groups is 1. The number of carbonyl (C=O) groups excluding carboxylic acids is 1. The smallest absolute Gasteiger partial charge is 0.215 e. The highest BCUT2D eigenvalue weighted by atomic mass is 32.2. The maximum Gasteiger partial charge on any atom is 0.215 e. The molecule has 0 rings (SSSR count). The average Bonchev–Trinajstić information content (AvgIpc) is 1.53. The fourth-order valence-electron chi connectivity index (χ4n) is 0.502. The van der Waals surface area contributed by atoms with Gasteiger partial charge in [-0.15, -0.1) is 0 Å². The van der Waals surface area contributed by atoms with Gasteiger partial charge in [-0.2, -0.15) is 0 Å². The van der Waals surface area contributed by atoms with E-state index in [9.17, 15) is 4.79 Å². The first kappa shape index (κ1) is 10.6. The first-order chi connectivity index (χ1) is 4.81. The summed E-state index contributed by atoms with van der Waals surface area (Å²) in [5.41, 5.74) is 0. The Kier molecular flexibility index (Phi) is 3.66. The zero-order valence-corrected chi connectivity index (χ0v) is 8.16. The minimum Gasteiger partial charge on any atom is -0.512 e. The molecule has 0 spiro atoms. The molecule has 0 unspecified atom stereocenters. The quantitative estimate of drug-likeness (QED) is 0.490. The van der Waals surface area contributed by atoms with E-state index in [0.29, 0.717) is 0 Å². The summed E-state index contributed by atoms with van der Waals surface area (Å²) in [6, 6.07) is 0. The lowest BCUT2D eigenvalue weighted by Gasteiger charge is -2.14. The van der Waals surface area contributed by atoms with Gasteiger partial charge in [0.05, 0.1) is 5.76 Å². The molecule has 0 atom stereocenters. The summed E-state index contributed by atoms with van der Waals surface area (Å²) in [5, 5.41) is 8.65. The molecule has 0 aromatic rings. The summed E-state index contributed by atoms with van der Waals surface area (Å²) in [6.45, 7) is 7.35. The van der Waals surface area contributed by atoms with Crippen molar-refractivity contribution in [3.8, 4) is 0 Å². The number of aliphatic hydroxyl groups excluding tert-OH is 1. The van der Waals surface area contributed by atoms with Crippen LogP contribution in [0.3, 0.4) is 0 Å². The molecule has 0 fully saturated rings. The van der Waals surface area contributed by atoms with Gasteiger partial charge in [0.2, 0.25) is 5.12 Å². The predicted octanol–water partition coefficient (Wildman–Crippen LogP) is 2.51. The van der Waals surface area contributed by atoms with Crippen LogP contribution < -0.4 is 0 Å². The second kappa shape index (κ2) is 3.81. The molecule has 0 aromatic heterocycles. The Morgan fingerprint density at radius 1 is 1.45 bits per heavy atom. The van der Waals surface area contributed by atoms with E-state index in [1.165, 1.54) is 24.8 Å². The van der Waals surface area contributed by atoms with Gasteiger partial charge in [-0.1, -0.05) is 32.5 Å². The molecule has 0 saturated carbocycles. The van der Waals surface area contributed by atoms with Gasteiger partial charge in [0.25, 0.3) is 0 Å². The zero-order valence-electron chi connectivity index (χ0n) is 7.34. The Morgan fingerprint density at radius 3 is 2.18 bits per heavy atom. The van der Waals surface area contributed by atoms with Crippen molar-refractivity contribution in [2.75, 3.05) is 0 Å². The Balaban J connectivity index is 4.00. The van der Waals surface area contributed by atoms with Crippen molar-refractivity contribution in [2.45, 2.75) is 32.4 Å². The molecule has 0 bridgehead atoms. The first-order valence-electron chi connectivity index (χ1n) is 3.41. The van der Waals surface area contributed by atoms with E-state index in [1.807, 2.05) is 20.8 Å². The van der Waals surface area contributed by atoms with Crippen LogP contribution in [0.5, 0.6) is 0 Å². The lowest BCUT2D eigenvalue weighted by Crippen LogP contribution is -2.10. The summed E-state index contributed by atoms with van der Waals surface area (Å²) >= 11 is 1.21. The van der Waals surface area contributed by atoms with Crippen LogP contribution >= 0.6 is 11.8 Å². The number of allylic oxidation sites excluding steroid dienone is 1. The lowest BCUT2D eigenvalue weighted by molar-refractivity contribution is -0.107. The van der Waals surface area contributed by atoms with E-state index in [1.54, 1.807) is 0 Å². The molecule has 3 heteroatoms. The maximum absolute atomic E-state index is 11.0. The molecular weight excluding hydrogens is 160 g/mol. The van der Waals surface area contributed by atoms with Crippen molar-refractivity contribution in [3.63, 3.8) is 0 Å². The minimum absolute atomic E-state index is 0.0618. The summed E-state index contributed by atoms with van der Waals surface area (Å²) in [6.07, 6.45) is 1.23. The second-order valence-corrected chi connectivity index (χ2v) is 5.15. The van der Waals surface area contributed by atoms with Gasteiger partial charge < -0.3 is 5.11 Å². The van der Waals surface area contributed by atoms with Crippen LogP contribution in [0.25, 0.3) is 0 Å². The molecule has 0 saturated heterocycles. The van der Waals surface area contributed by atoms with Crippen molar-refractivity contribution < 1.29 is 9.90 Å². The predicted molar refractivity (Wildman–Crippen MR) is 48.7 cm³/mol. The molecule has 0 aliphatic carbocycles. The van der Waals surface area contributed by atoms with E-state index in [-0.39, 0.29) is 15.6 Å². The third-order valence-electron chi connectivity index (χ3n) is 0.734. The van der Waals surface area contributed by atoms with Crippen molar-refractivity contribution in [3.05, 3.63) is 11.8 Å². The van der Waals surface area contributed by atoms with Crippen molar-refractivity contribution in [1.29, 1.82) is 0 Å². The molecule has 0 amide bonds. The molecule has 0 aromatic carbocycles. The summed E-state index contributed by atoms with van der Waals surface area (Å²) in [5.74, 6) is 0.0618. The lowest BCUT2D eigenvalue weighted by atomic mass is 10.3.